The average molecular weight is 284 g/mol. The van der Waals surface area contributed by atoms with Gasteiger partial charge in [0.25, 0.3) is 0 Å². The second-order valence-corrected chi connectivity index (χ2v) is 5.68. The summed E-state index contributed by atoms with van der Waals surface area (Å²) in [6, 6.07) is 0. The molecule has 1 aliphatic carbocycles. The van der Waals surface area contributed by atoms with Crippen molar-refractivity contribution in [2.24, 2.45) is 0 Å². The molecule has 106 valence electrons. The summed E-state index contributed by atoms with van der Waals surface area (Å²) in [6.07, 6.45) is 6.61. The van der Waals surface area contributed by atoms with Crippen LogP contribution in [0.15, 0.2) is 4.52 Å². The van der Waals surface area contributed by atoms with Crippen LogP contribution in [0, 0.1) is 0 Å². The SMILES string of the molecule is CCOC(=O)C1(c2nc(CSC)no2)CCCCC1. The Bertz CT molecular complexity index is 427. The number of esters is 1. The number of carbonyl (C=O) groups excluding carboxylic acids is 1. The Labute approximate surface area is 117 Å². The maximum absolute atomic E-state index is 12.3. The lowest BCUT2D eigenvalue weighted by molar-refractivity contribution is -0.152. The molecule has 1 aromatic heterocycles. The van der Waals surface area contributed by atoms with Crippen molar-refractivity contribution in [1.82, 2.24) is 10.1 Å². The number of carbonyl (C=O) groups is 1. The summed E-state index contributed by atoms with van der Waals surface area (Å²) in [6.45, 7) is 2.20. The van der Waals surface area contributed by atoms with Crippen molar-refractivity contribution in [3.63, 3.8) is 0 Å². The molecule has 1 aromatic rings. The van der Waals surface area contributed by atoms with Gasteiger partial charge in [0.2, 0.25) is 5.89 Å². The van der Waals surface area contributed by atoms with Crippen LogP contribution in [-0.4, -0.2) is 29.0 Å². The molecule has 0 spiro atoms. The Morgan fingerprint density at radius 1 is 1.42 bits per heavy atom. The fourth-order valence-corrected chi connectivity index (χ4v) is 2.94. The standard InChI is InChI=1S/C13H20N2O3S/c1-3-17-12(16)13(7-5-4-6-8-13)11-14-10(9-19-2)15-18-11/h3-9H2,1-2H3. The minimum absolute atomic E-state index is 0.214. The maximum atomic E-state index is 12.3. The van der Waals surface area contributed by atoms with Crippen LogP contribution >= 0.6 is 11.8 Å². The van der Waals surface area contributed by atoms with E-state index in [1.165, 1.54) is 0 Å². The van der Waals surface area contributed by atoms with E-state index >= 15 is 0 Å². The summed E-state index contributed by atoms with van der Waals surface area (Å²) in [5, 5.41) is 3.95. The zero-order valence-corrected chi connectivity index (χ0v) is 12.3. The number of hydrogen-bond acceptors (Lipinski definition) is 6. The number of nitrogens with zero attached hydrogens (tertiary/aromatic N) is 2. The molecule has 1 fully saturated rings. The molecule has 0 N–H and O–H groups in total. The maximum Gasteiger partial charge on any atom is 0.321 e. The van der Waals surface area contributed by atoms with Crippen LogP contribution in [0.5, 0.6) is 0 Å². The van der Waals surface area contributed by atoms with Crippen LogP contribution in [0.2, 0.25) is 0 Å². The molecule has 1 heterocycles. The fourth-order valence-electron chi connectivity index (χ4n) is 2.57. The minimum Gasteiger partial charge on any atom is -0.465 e. The van der Waals surface area contributed by atoms with E-state index in [-0.39, 0.29) is 5.97 Å². The monoisotopic (exact) mass is 284 g/mol. The van der Waals surface area contributed by atoms with E-state index in [9.17, 15) is 4.79 Å². The van der Waals surface area contributed by atoms with Crippen molar-refractivity contribution in [3.05, 3.63) is 11.7 Å². The van der Waals surface area contributed by atoms with Gasteiger partial charge in [-0.25, -0.2) is 0 Å². The van der Waals surface area contributed by atoms with Gasteiger partial charge in [-0.3, -0.25) is 4.79 Å². The van der Waals surface area contributed by atoms with Crippen LogP contribution < -0.4 is 0 Å². The molecule has 0 atom stereocenters. The predicted octanol–water partition coefficient (Wildman–Crippen LogP) is 2.70. The molecule has 5 nitrogen and oxygen atoms in total. The van der Waals surface area contributed by atoms with Crippen LogP contribution in [0.4, 0.5) is 0 Å². The molecule has 0 saturated heterocycles. The molecule has 0 aliphatic heterocycles. The minimum atomic E-state index is -0.710. The molecule has 0 unspecified atom stereocenters. The van der Waals surface area contributed by atoms with E-state index in [2.05, 4.69) is 10.1 Å². The highest BCUT2D eigenvalue weighted by Crippen LogP contribution is 2.39. The molecular weight excluding hydrogens is 264 g/mol. The van der Waals surface area contributed by atoms with Crippen molar-refractivity contribution in [2.45, 2.75) is 50.2 Å². The zero-order chi connectivity index (χ0) is 13.7. The smallest absolute Gasteiger partial charge is 0.321 e. The van der Waals surface area contributed by atoms with Gasteiger partial charge in [0.15, 0.2) is 5.82 Å². The Morgan fingerprint density at radius 2 is 2.16 bits per heavy atom. The van der Waals surface area contributed by atoms with Crippen molar-refractivity contribution < 1.29 is 14.1 Å². The first-order chi connectivity index (χ1) is 9.23. The van der Waals surface area contributed by atoms with Gasteiger partial charge in [-0.2, -0.15) is 16.7 Å². The second-order valence-electron chi connectivity index (χ2n) is 4.81. The Kier molecular flexibility index (Phi) is 4.85. The molecule has 6 heteroatoms. The van der Waals surface area contributed by atoms with Crippen LogP contribution in [-0.2, 0) is 20.7 Å². The van der Waals surface area contributed by atoms with Crippen LogP contribution in [0.3, 0.4) is 0 Å². The quantitative estimate of drug-likeness (QED) is 0.775. The largest absolute Gasteiger partial charge is 0.465 e. The average Bonchev–Trinajstić information content (AvgIpc) is 2.89. The van der Waals surface area contributed by atoms with Crippen molar-refractivity contribution in [1.29, 1.82) is 0 Å². The summed E-state index contributed by atoms with van der Waals surface area (Å²) in [5.41, 5.74) is -0.710. The van der Waals surface area contributed by atoms with Gasteiger partial charge in [-0.1, -0.05) is 24.4 Å². The molecule has 19 heavy (non-hydrogen) atoms. The zero-order valence-electron chi connectivity index (χ0n) is 11.5. The van der Waals surface area contributed by atoms with E-state index in [0.29, 0.717) is 24.1 Å². The van der Waals surface area contributed by atoms with E-state index < -0.39 is 5.41 Å². The number of hydrogen-bond donors (Lipinski definition) is 0. The first-order valence-corrected chi connectivity index (χ1v) is 8.11. The normalized spacial score (nSPS) is 18.2. The summed E-state index contributed by atoms with van der Waals surface area (Å²) < 4.78 is 10.6. The van der Waals surface area contributed by atoms with Crippen molar-refractivity contribution in [2.75, 3.05) is 12.9 Å². The van der Waals surface area contributed by atoms with Gasteiger partial charge >= 0.3 is 5.97 Å². The molecule has 0 bridgehead atoms. The lowest BCUT2D eigenvalue weighted by atomic mass is 9.74. The molecule has 1 saturated carbocycles. The van der Waals surface area contributed by atoms with Gasteiger partial charge in [0.1, 0.15) is 5.41 Å². The van der Waals surface area contributed by atoms with Crippen molar-refractivity contribution >= 4 is 17.7 Å². The molecule has 0 amide bonds. The Hall–Kier alpha value is -1.04. The number of aromatic nitrogens is 2. The summed E-state index contributed by atoms with van der Waals surface area (Å²) in [5.74, 6) is 1.57. The third-order valence-corrected chi connectivity index (χ3v) is 4.07. The van der Waals surface area contributed by atoms with Gasteiger partial charge in [0.05, 0.1) is 12.4 Å². The lowest BCUT2D eigenvalue weighted by Crippen LogP contribution is -2.39. The van der Waals surface area contributed by atoms with E-state index in [0.717, 1.165) is 32.1 Å². The summed E-state index contributed by atoms with van der Waals surface area (Å²) >= 11 is 1.63. The van der Waals surface area contributed by atoms with Gasteiger partial charge in [0, 0.05) is 0 Å². The Balaban J connectivity index is 2.27. The highest BCUT2D eigenvalue weighted by atomic mass is 32.2. The first-order valence-electron chi connectivity index (χ1n) is 6.72. The van der Waals surface area contributed by atoms with E-state index in [4.69, 9.17) is 9.26 Å². The molecule has 2 rings (SSSR count). The molecule has 0 aromatic carbocycles. The number of ether oxygens (including phenoxy) is 1. The highest BCUT2D eigenvalue weighted by molar-refractivity contribution is 7.97. The Morgan fingerprint density at radius 3 is 2.79 bits per heavy atom. The summed E-state index contributed by atoms with van der Waals surface area (Å²) in [4.78, 5) is 16.7. The third kappa shape index (κ3) is 2.94. The number of thioether (sulfide) groups is 1. The van der Waals surface area contributed by atoms with E-state index in [1.807, 2.05) is 13.2 Å². The van der Waals surface area contributed by atoms with Crippen molar-refractivity contribution in [3.8, 4) is 0 Å². The third-order valence-electron chi connectivity index (χ3n) is 3.52. The van der Waals surface area contributed by atoms with Crippen LogP contribution in [0.25, 0.3) is 0 Å². The van der Waals surface area contributed by atoms with Crippen LogP contribution in [0.1, 0.15) is 50.7 Å². The molecule has 0 radical (unpaired) electrons. The van der Waals surface area contributed by atoms with Gasteiger partial charge in [-0.15, -0.1) is 0 Å². The highest BCUT2D eigenvalue weighted by Gasteiger charge is 2.47. The number of rotatable bonds is 5. The second kappa shape index (κ2) is 6.41. The van der Waals surface area contributed by atoms with Gasteiger partial charge in [-0.05, 0) is 26.0 Å². The first kappa shape index (κ1) is 14.4. The topological polar surface area (TPSA) is 65.2 Å². The molecular formula is C13H20N2O3S. The molecule has 1 aliphatic rings. The predicted molar refractivity (Wildman–Crippen MR) is 72.9 cm³/mol. The summed E-state index contributed by atoms with van der Waals surface area (Å²) in [7, 11) is 0. The fraction of sp³-hybridized carbons (Fsp3) is 0.769. The van der Waals surface area contributed by atoms with Gasteiger partial charge < -0.3 is 9.26 Å². The lowest BCUT2D eigenvalue weighted by Gasteiger charge is -2.31. The van der Waals surface area contributed by atoms with E-state index in [1.54, 1.807) is 11.8 Å².